The monoisotopic (exact) mass is 406 g/mol. The summed E-state index contributed by atoms with van der Waals surface area (Å²) in [7, 11) is 0. The number of carbonyl (C=O) groups is 1. The Labute approximate surface area is 173 Å². The van der Waals surface area contributed by atoms with Gasteiger partial charge in [0.25, 0.3) is 0 Å². The SMILES string of the molecule is CC(C)(C)OC(=O)NC1CCNCC1CO[C@H]1CC[C@@H](c2cccc(F)c2)CC1. The fraction of sp³-hybridized carbons (Fsp3) is 0.696. The molecule has 2 unspecified atom stereocenters. The molecule has 1 aliphatic heterocycles. The summed E-state index contributed by atoms with van der Waals surface area (Å²) in [5.74, 6) is 0.495. The van der Waals surface area contributed by atoms with Crippen molar-refractivity contribution in [3.8, 4) is 0 Å². The van der Waals surface area contributed by atoms with Crippen molar-refractivity contribution in [2.24, 2.45) is 5.92 Å². The maximum absolute atomic E-state index is 13.5. The van der Waals surface area contributed by atoms with E-state index in [4.69, 9.17) is 9.47 Å². The Morgan fingerprint density at radius 3 is 2.66 bits per heavy atom. The first-order chi connectivity index (χ1) is 13.8. The third-order valence-corrected chi connectivity index (χ3v) is 5.85. The van der Waals surface area contributed by atoms with Gasteiger partial charge in [-0.15, -0.1) is 0 Å². The lowest BCUT2D eigenvalue weighted by Gasteiger charge is -2.35. The summed E-state index contributed by atoms with van der Waals surface area (Å²) in [6, 6.07) is 7.04. The van der Waals surface area contributed by atoms with Gasteiger partial charge in [-0.1, -0.05) is 12.1 Å². The van der Waals surface area contributed by atoms with Crippen molar-refractivity contribution < 1.29 is 18.7 Å². The molecule has 1 saturated heterocycles. The number of benzene rings is 1. The number of nitrogens with one attached hydrogen (secondary N) is 2. The molecule has 1 aromatic rings. The molecule has 1 heterocycles. The van der Waals surface area contributed by atoms with Crippen LogP contribution < -0.4 is 10.6 Å². The molecule has 29 heavy (non-hydrogen) atoms. The van der Waals surface area contributed by atoms with E-state index in [2.05, 4.69) is 10.6 Å². The Balaban J connectivity index is 1.44. The zero-order chi connectivity index (χ0) is 20.9. The zero-order valence-corrected chi connectivity index (χ0v) is 17.9. The van der Waals surface area contributed by atoms with Crippen molar-refractivity contribution in [2.45, 2.75) is 76.5 Å². The van der Waals surface area contributed by atoms with Crippen LogP contribution in [-0.4, -0.2) is 43.5 Å². The normalized spacial score (nSPS) is 28.0. The molecule has 6 heteroatoms. The highest BCUT2D eigenvalue weighted by molar-refractivity contribution is 5.68. The van der Waals surface area contributed by atoms with E-state index in [0.29, 0.717) is 12.5 Å². The smallest absolute Gasteiger partial charge is 0.407 e. The number of alkyl carbamates (subject to hydrolysis) is 1. The summed E-state index contributed by atoms with van der Waals surface area (Å²) < 4.78 is 25.1. The number of hydrogen-bond donors (Lipinski definition) is 2. The molecule has 2 aliphatic rings. The lowest BCUT2D eigenvalue weighted by molar-refractivity contribution is -0.00773. The summed E-state index contributed by atoms with van der Waals surface area (Å²) in [5, 5.41) is 6.43. The zero-order valence-electron chi connectivity index (χ0n) is 17.9. The quantitative estimate of drug-likeness (QED) is 0.762. The Hall–Kier alpha value is -1.66. The molecule has 0 bridgehead atoms. The van der Waals surface area contributed by atoms with Crippen molar-refractivity contribution in [1.29, 1.82) is 0 Å². The highest BCUT2D eigenvalue weighted by Gasteiger charge is 2.30. The highest BCUT2D eigenvalue weighted by atomic mass is 19.1. The van der Waals surface area contributed by atoms with Gasteiger partial charge in [-0.2, -0.15) is 0 Å². The van der Waals surface area contributed by atoms with Gasteiger partial charge in [0, 0.05) is 18.5 Å². The highest BCUT2D eigenvalue weighted by Crippen LogP contribution is 2.34. The molecule has 2 atom stereocenters. The Morgan fingerprint density at radius 2 is 1.97 bits per heavy atom. The fourth-order valence-corrected chi connectivity index (χ4v) is 4.33. The Bertz CT molecular complexity index is 668. The standard InChI is InChI=1S/C23H35FN2O3/c1-23(2,3)29-22(27)26-21-11-12-25-14-18(21)15-28-20-9-7-16(8-10-20)17-5-4-6-19(24)13-17/h4-6,13,16,18,20-21,25H,7-12,14-15H2,1-3H3,(H,26,27)/t16-,18?,20+,21?. The van der Waals surface area contributed by atoms with Crippen molar-refractivity contribution >= 4 is 6.09 Å². The molecule has 0 aromatic heterocycles. The summed E-state index contributed by atoms with van der Waals surface area (Å²) in [5.41, 5.74) is 0.602. The Morgan fingerprint density at radius 1 is 1.21 bits per heavy atom. The van der Waals surface area contributed by atoms with Crippen LogP contribution in [0.2, 0.25) is 0 Å². The van der Waals surface area contributed by atoms with Gasteiger partial charge in [0.2, 0.25) is 0 Å². The van der Waals surface area contributed by atoms with Gasteiger partial charge in [0.1, 0.15) is 11.4 Å². The minimum atomic E-state index is -0.497. The molecule has 5 nitrogen and oxygen atoms in total. The first-order valence-electron chi connectivity index (χ1n) is 10.9. The minimum absolute atomic E-state index is 0.0646. The van der Waals surface area contributed by atoms with Crippen LogP contribution in [0.5, 0.6) is 0 Å². The van der Waals surface area contributed by atoms with Crippen molar-refractivity contribution in [1.82, 2.24) is 10.6 Å². The molecule has 1 saturated carbocycles. The number of piperidine rings is 1. The van der Waals surface area contributed by atoms with E-state index in [1.54, 1.807) is 12.1 Å². The molecular weight excluding hydrogens is 371 g/mol. The topological polar surface area (TPSA) is 59.6 Å². The predicted molar refractivity (Wildman–Crippen MR) is 111 cm³/mol. The van der Waals surface area contributed by atoms with E-state index in [9.17, 15) is 9.18 Å². The molecule has 0 radical (unpaired) electrons. The molecule has 3 rings (SSSR count). The number of ether oxygens (including phenoxy) is 2. The van der Waals surface area contributed by atoms with Crippen LogP contribution in [-0.2, 0) is 9.47 Å². The molecule has 1 amide bonds. The maximum Gasteiger partial charge on any atom is 0.407 e. The second kappa shape index (κ2) is 9.90. The fourth-order valence-electron chi connectivity index (χ4n) is 4.33. The van der Waals surface area contributed by atoms with E-state index < -0.39 is 5.60 Å². The molecule has 2 fully saturated rings. The molecule has 1 aliphatic carbocycles. The number of hydrogen-bond acceptors (Lipinski definition) is 4. The number of amides is 1. The first kappa shape index (κ1) is 22.0. The summed E-state index contributed by atoms with van der Waals surface area (Å²) >= 11 is 0. The van der Waals surface area contributed by atoms with Gasteiger partial charge in [0.05, 0.1) is 12.7 Å². The summed E-state index contributed by atoms with van der Waals surface area (Å²) in [6.07, 6.45) is 4.79. The maximum atomic E-state index is 13.5. The number of rotatable bonds is 5. The first-order valence-corrected chi connectivity index (χ1v) is 10.9. The number of halogens is 1. The van der Waals surface area contributed by atoms with Crippen molar-refractivity contribution in [3.05, 3.63) is 35.6 Å². The summed E-state index contributed by atoms with van der Waals surface area (Å²) in [6.45, 7) is 7.96. The third-order valence-electron chi connectivity index (χ3n) is 5.85. The van der Waals surface area contributed by atoms with Gasteiger partial charge in [0.15, 0.2) is 0 Å². The van der Waals surface area contributed by atoms with Gasteiger partial charge >= 0.3 is 6.09 Å². The van der Waals surface area contributed by atoms with Crippen molar-refractivity contribution in [3.63, 3.8) is 0 Å². The van der Waals surface area contributed by atoms with Gasteiger partial charge in [-0.3, -0.25) is 0 Å². The van der Waals surface area contributed by atoms with Crippen LogP contribution in [0.3, 0.4) is 0 Å². The molecule has 0 spiro atoms. The minimum Gasteiger partial charge on any atom is -0.444 e. The summed E-state index contributed by atoms with van der Waals surface area (Å²) in [4.78, 5) is 12.2. The van der Waals surface area contributed by atoms with E-state index in [0.717, 1.165) is 50.8 Å². The van der Waals surface area contributed by atoms with Crippen LogP contribution in [0, 0.1) is 11.7 Å². The lowest BCUT2D eigenvalue weighted by Crippen LogP contribution is -2.52. The van der Waals surface area contributed by atoms with Gasteiger partial charge < -0.3 is 20.1 Å². The van der Waals surface area contributed by atoms with Crippen LogP contribution >= 0.6 is 0 Å². The number of carbonyl (C=O) groups excluding carboxylic acids is 1. The third kappa shape index (κ3) is 6.96. The average Bonchev–Trinajstić information content (AvgIpc) is 2.66. The molecule has 162 valence electrons. The molecular formula is C23H35FN2O3. The second-order valence-electron chi connectivity index (χ2n) is 9.37. The average molecular weight is 407 g/mol. The van der Waals surface area contributed by atoms with Gasteiger partial charge in [-0.05, 0) is 83.0 Å². The molecule has 2 N–H and O–H groups in total. The van der Waals surface area contributed by atoms with Crippen LogP contribution in [0.1, 0.15) is 64.4 Å². The van der Waals surface area contributed by atoms with Crippen LogP contribution in [0.25, 0.3) is 0 Å². The van der Waals surface area contributed by atoms with E-state index >= 15 is 0 Å². The van der Waals surface area contributed by atoms with Crippen molar-refractivity contribution in [2.75, 3.05) is 19.7 Å². The van der Waals surface area contributed by atoms with Crippen LogP contribution in [0.15, 0.2) is 24.3 Å². The molecule has 1 aromatic carbocycles. The lowest BCUT2D eigenvalue weighted by atomic mass is 9.82. The second-order valence-corrected chi connectivity index (χ2v) is 9.37. The Kier molecular flexibility index (Phi) is 7.52. The van der Waals surface area contributed by atoms with E-state index in [1.165, 1.54) is 6.07 Å². The largest absolute Gasteiger partial charge is 0.444 e. The predicted octanol–water partition coefficient (Wildman–Crippen LogP) is 4.37. The van der Waals surface area contributed by atoms with E-state index in [-0.39, 0.29) is 30.0 Å². The van der Waals surface area contributed by atoms with E-state index in [1.807, 2.05) is 26.8 Å². The van der Waals surface area contributed by atoms with Gasteiger partial charge in [-0.25, -0.2) is 9.18 Å². The van der Waals surface area contributed by atoms with Crippen LogP contribution in [0.4, 0.5) is 9.18 Å².